The Hall–Kier alpha value is -3.45. The first-order chi connectivity index (χ1) is 16.5. The van der Waals surface area contributed by atoms with Crippen molar-refractivity contribution in [2.45, 2.75) is 37.7 Å². The van der Waals surface area contributed by atoms with E-state index in [1.165, 1.54) is 30.4 Å². The maximum absolute atomic E-state index is 12.4. The van der Waals surface area contributed by atoms with Crippen LogP contribution in [0.25, 0.3) is 0 Å². The molecule has 7 heteroatoms. The predicted octanol–water partition coefficient (Wildman–Crippen LogP) is 4.24. The van der Waals surface area contributed by atoms with E-state index in [0.29, 0.717) is 18.1 Å². The van der Waals surface area contributed by atoms with Crippen LogP contribution in [0.15, 0.2) is 72.9 Å². The molecular formula is C27H28N4O2S. The molecule has 1 heterocycles. The predicted molar refractivity (Wildman–Crippen MR) is 135 cm³/mol. The maximum atomic E-state index is 12.4. The van der Waals surface area contributed by atoms with Gasteiger partial charge >= 0.3 is 0 Å². The average Bonchev–Trinajstić information content (AvgIpc) is 3.49. The molecule has 174 valence electrons. The molecule has 0 spiro atoms. The first kappa shape index (κ1) is 22.3. The van der Waals surface area contributed by atoms with Crippen molar-refractivity contribution in [1.82, 2.24) is 15.8 Å². The summed E-state index contributed by atoms with van der Waals surface area (Å²) in [6.07, 6.45) is 6.73. The number of ether oxygens (including phenoxy) is 1. The normalized spacial score (nSPS) is 22.8. The van der Waals surface area contributed by atoms with Gasteiger partial charge in [0.1, 0.15) is 12.4 Å². The van der Waals surface area contributed by atoms with Gasteiger partial charge in [0.25, 0.3) is 5.91 Å². The van der Waals surface area contributed by atoms with Crippen molar-refractivity contribution in [3.8, 4) is 5.75 Å². The number of pyridine rings is 1. The van der Waals surface area contributed by atoms with Gasteiger partial charge in [-0.1, -0.05) is 36.8 Å². The highest BCUT2D eigenvalue weighted by atomic mass is 32.1. The number of thiocarbonyl (C=S) groups is 1. The van der Waals surface area contributed by atoms with Gasteiger partial charge in [0.15, 0.2) is 5.11 Å². The van der Waals surface area contributed by atoms with Crippen LogP contribution in [0.4, 0.5) is 0 Å². The SMILES string of the molecule is NC(=S)NNC(=O)c1ccc([C@]2(c3ccc(OCc4ccccn4)cc3)CC3CC[C@@H]2C3)cc1. The highest BCUT2D eigenvalue weighted by Gasteiger charge is 2.52. The third kappa shape index (κ3) is 4.35. The van der Waals surface area contributed by atoms with Crippen LogP contribution < -0.4 is 21.3 Å². The van der Waals surface area contributed by atoms with Gasteiger partial charge in [-0.2, -0.15) is 0 Å². The van der Waals surface area contributed by atoms with Gasteiger partial charge in [0.05, 0.1) is 5.69 Å². The van der Waals surface area contributed by atoms with Gasteiger partial charge in [0.2, 0.25) is 0 Å². The summed E-state index contributed by atoms with van der Waals surface area (Å²) in [6, 6.07) is 22.3. The minimum Gasteiger partial charge on any atom is -0.487 e. The van der Waals surface area contributed by atoms with E-state index in [4.69, 9.17) is 22.7 Å². The fourth-order valence-electron chi connectivity index (χ4n) is 5.80. The van der Waals surface area contributed by atoms with E-state index in [-0.39, 0.29) is 16.4 Å². The number of benzene rings is 2. The zero-order valence-corrected chi connectivity index (χ0v) is 19.7. The molecule has 0 aliphatic heterocycles. The number of nitrogens with zero attached hydrogens (tertiary/aromatic N) is 1. The smallest absolute Gasteiger partial charge is 0.269 e. The molecule has 6 nitrogen and oxygen atoms in total. The zero-order valence-electron chi connectivity index (χ0n) is 18.9. The van der Waals surface area contributed by atoms with Gasteiger partial charge in [0, 0.05) is 17.2 Å². The third-order valence-corrected chi connectivity index (χ3v) is 7.39. The lowest BCUT2D eigenvalue weighted by Gasteiger charge is -2.39. The first-order valence-corrected chi connectivity index (χ1v) is 12.0. The number of hydrazine groups is 1. The quantitative estimate of drug-likeness (QED) is 0.367. The molecule has 1 amide bonds. The molecule has 5 rings (SSSR count). The molecule has 2 fully saturated rings. The van der Waals surface area contributed by atoms with Crippen molar-refractivity contribution in [2.24, 2.45) is 17.6 Å². The summed E-state index contributed by atoms with van der Waals surface area (Å²) >= 11 is 4.75. The number of carbonyl (C=O) groups is 1. The summed E-state index contributed by atoms with van der Waals surface area (Å²) in [5.74, 6) is 1.93. The number of nitrogens with two attached hydrogens (primary N) is 1. The fourth-order valence-corrected chi connectivity index (χ4v) is 5.85. The number of aromatic nitrogens is 1. The van der Waals surface area contributed by atoms with Crippen LogP contribution >= 0.6 is 12.2 Å². The van der Waals surface area contributed by atoms with Gasteiger partial charge in [-0.25, -0.2) is 0 Å². The molecule has 2 aliphatic carbocycles. The van der Waals surface area contributed by atoms with E-state index >= 15 is 0 Å². The molecule has 2 aromatic carbocycles. The zero-order chi connectivity index (χ0) is 23.5. The van der Waals surface area contributed by atoms with Crippen LogP contribution in [0.1, 0.15) is 52.9 Å². The average molecular weight is 473 g/mol. The summed E-state index contributed by atoms with van der Waals surface area (Å²) in [7, 11) is 0. The van der Waals surface area contributed by atoms with Crippen LogP contribution in [0, 0.1) is 11.8 Å². The van der Waals surface area contributed by atoms with Crippen LogP contribution in [0.2, 0.25) is 0 Å². The minimum atomic E-state index is -0.268. The summed E-state index contributed by atoms with van der Waals surface area (Å²) < 4.78 is 5.96. The molecular weight excluding hydrogens is 444 g/mol. The molecule has 34 heavy (non-hydrogen) atoms. The number of hydrogen-bond acceptors (Lipinski definition) is 4. The molecule has 3 atom stereocenters. The van der Waals surface area contributed by atoms with Crippen molar-refractivity contribution >= 4 is 23.2 Å². The van der Waals surface area contributed by atoms with Gasteiger partial charge in [-0.05, 0) is 90.8 Å². The van der Waals surface area contributed by atoms with Crippen LogP contribution in [0.3, 0.4) is 0 Å². The highest BCUT2D eigenvalue weighted by Crippen LogP contribution is 2.60. The van der Waals surface area contributed by atoms with Crippen molar-refractivity contribution in [3.05, 3.63) is 95.3 Å². The van der Waals surface area contributed by atoms with Crippen molar-refractivity contribution in [1.29, 1.82) is 0 Å². The molecule has 4 N–H and O–H groups in total. The van der Waals surface area contributed by atoms with E-state index in [1.54, 1.807) is 6.20 Å². The monoisotopic (exact) mass is 472 g/mol. The Bertz CT molecular complexity index is 1170. The van der Waals surface area contributed by atoms with Crippen LogP contribution in [-0.2, 0) is 12.0 Å². The Morgan fingerprint density at radius 1 is 1.03 bits per heavy atom. The summed E-state index contributed by atoms with van der Waals surface area (Å²) in [5.41, 5.74) is 14.4. The van der Waals surface area contributed by atoms with Crippen LogP contribution in [0.5, 0.6) is 5.75 Å². The second kappa shape index (κ2) is 9.43. The second-order valence-corrected chi connectivity index (χ2v) is 9.65. The van der Waals surface area contributed by atoms with E-state index < -0.39 is 0 Å². The molecule has 1 unspecified atom stereocenters. The molecule has 2 bridgehead atoms. The lowest BCUT2D eigenvalue weighted by atomic mass is 9.64. The standard InChI is InChI=1S/C27H28N4O2S/c28-26(34)31-30-25(32)19-5-8-20(9-6-19)27(16-18-4-7-22(27)15-18)21-10-12-24(13-11-21)33-17-23-3-1-2-14-29-23/h1-3,5-6,8-14,18,22H,4,7,15-17H2,(H,30,32)(H3,28,31,34)/t18?,22-,27+/m1/s1. The summed E-state index contributed by atoms with van der Waals surface area (Å²) in [4.78, 5) is 16.7. The molecule has 3 aromatic rings. The third-order valence-electron chi connectivity index (χ3n) is 7.29. The number of hydrogen-bond donors (Lipinski definition) is 3. The lowest BCUT2D eigenvalue weighted by Crippen LogP contribution is -2.44. The second-order valence-electron chi connectivity index (χ2n) is 9.21. The first-order valence-electron chi connectivity index (χ1n) is 11.6. The minimum absolute atomic E-state index is 0.0263. The van der Waals surface area contributed by atoms with Crippen molar-refractivity contribution in [2.75, 3.05) is 0 Å². The van der Waals surface area contributed by atoms with E-state index in [0.717, 1.165) is 23.8 Å². The Balaban J connectivity index is 1.38. The highest BCUT2D eigenvalue weighted by molar-refractivity contribution is 7.80. The maximum Gasteiger partial charge on any atom is 0.269 e. The molecule has 2 saturated carbocycles. The van der Waals surface area contributed by atoms with E-state index in [2.05, 4.69) is 52.2 Å². The van der Waals surface area contributed by atoms with E-state index in [1.807, 2.05) is 30.3 Å². The number of rotatable bonds is 6. The van der Waals surface area contributed by atoms with Gasteiger partial charge < -0.3 is 10.5 Å². The fraction of sp³-hybridized carbons (Fsp3) is 0.296. The van der Waals surface area contributed by atoms with Crippen LogP contribution in [-0.4, -0.2) is 16.0 Å². The molecule has 2 aliphatic rings. The summed E-state index contributed by atoms with van der Waals surface area (Å²) in [5, 5.41) is 0.0263. The number of carbonyl (C=O) groups excluding carboxylic acids is 1. The topological polar surface area (TPSA) is 89.3 Å². The number of amides is 1. The number of nitrogens with one attached hydrogen (secondary N) is 2. The Morgan fingerprint density at radius 2 is 1.76 bits per heavy atom. The largest absolute Gasteiger partial charge is 0.487 e. The summed E-state index contributed by atoms with van der Waals surface area (Å²) in [6.45, 7) is 0.448. The number of fused-ring (bicyclic) bond motifs is 2. The Labute approximate surface area is 204 Å². The van der Waals surface area contributed by atoms with Gasteiger partial charge in [-0.3, -0.25) is 20.6 Å². The molecule has 1 aromatic heterocycles. The molecule has 0 radical (unpaired) electrons. The molecule has 0 saturated heterocycles. The van der Waals surface area contributed by atoms with Gasteiger partial charge in [-0.15, -0.1) is 0 Å². The lowest BCUT2D eigenvalue weighted by molar-refractivity contribution is 0.0944. The van der Waals surface area contributed by atoms with Crippen molar-refractivity contribution in [3.63, 3.8) is 0 Å². The Kier molecular flexibility index (Phi) is 6.20. The van der Waals surface area contributed by atoms with Crippen molar-refractivity contribution < 1.29 is 9.53 Å². The van der Waals surface area contributed by atoms with E-state index in [9.17, 15) is 4.79 Å². The Morgan fingerprint density at radius 3 is 2.35 bits per heavy atom.